The van der Waals surface area contributed by atoms with E-state index in [-0.39, 0.29) is 6.54 Å². The largest absolute Gasteiger partial charge is 0.444 e. The lowest BCUT2D eigenvalue weighted by molar-refractivity contribution is -0.134. The fourth-order valence-corrected chi connectivity index (χ4v) is 1.63. The van der Waals surface area contributed by atoms with Crippen molar-refractivity contribution in [1.82, 2.24) is 4.90 Å². The first-order valence-electron chi connectivity index (χ1n) is 5.62. The van der Waals surface area contributed by atoms with Crippen LogP contribution in [0, 0.1) is 4.91 Å². The molecule has 0 bridgehead atoms. The maximum atomic E-state index is 11.9. The Morgan fingerprint density at radius 1 is 1.39 bits per heavy atom. The van der Waals surface area contributed by atoms with Gasteiger partial charge in [-0.15, -0.1) is 4.91 Å². The quantitative estimate of drug-likeness (QED) is 0.667. The van der Waals surface area contributed by atoms with Crippen molar-refractivity contribution in [3.8, 4) is 0 Å². The van der Waals surface area contributed by atoms with E-state index in [0.717, 1.165) is 0 Å². The van der Waals surface area contributed by atoms with Crippen LogP contribution in [0.4, 0.5) is 4.79 Å². The second kappa shape index (κ2) is 4.64. The Kier molecular flexibility index (Phi) is 3.75. The minimum atomic E-state index is -1.02. The highest BCUT2D eigenvalue weighted by molar-refractivity contribution is 5.83. The fourth-order valence-electron chi connectivity index (χ4n) is 1.63. The summed E-state index contributed by atoms with van der Waals surface area (Å²) in [6, 6.07) is 0. The predicted octanol–water partition coefficient (Wildman–Crippen LogP) is 1.65. The minimum absolute atomic E-state index is 0.0352. The van der Waals surface area contributed by atoms with Crippen molar-refractivity contribution in [1.29, 1.82) is 0 Å². The SMILES string of the molecule is CC(C)(C)OC(=O)N1CC(C(=O)N=O)OC1(C)C. The number of ether oxygens (including phenoxy) is 2. The molecule has 0 spiro atoms. The zero-order valence-electron chi connectivity index (χ0n) is 11.2. The van der Waals surface area contributed by atoms with Gasteiger partial charge in [0.25, 0.3) is 0 Å². The van der Waals surface area contributed by atoms with Crippen LogP contribution in [0.15, 0.2) is 5.18 Å². The van der Waals surface area contributed by atoms with Crippen LogP contribution in [0.2, 0.25) is 0 Å². The summed E-state index contributed by atoms with van der Waals surface area (Å²) in [6.07, 6.45) is -1.61. The van der Waals surface area contributed by atoms with Gasteiger partial charge in [-0.3, -0.25) is 9.69 Å². The summed E-state index contributed by atoms with van der Waals surface area (Å²) >= 11 is 0. The molecule has 2 amide bonds. The first-order valence-corrected chi connectivity index (χ1v) is 5.62. The molecule has 18 heavy (non-hydrogen) atoms. The second-order valence-electron chi connectivity index (χ2n) is 5.57. The fraction of sp³-hybridized carbons (Fsp3) is 0.818. The number of hydrogen-bond acceptors (Lipinski definition) is 5. The van der Waals surface area contributed by atoms with E-state index in [1.165, 1.54) is 4.90 Å². The molecule has 0 aromatic rings. The van der Waals surface area contributed by atoms with Crippen LogP contribution in [0.25, 0.3) is 0 Å². The van der Waals surface area contributed by atoms with E-state index in [1.807, 2.05) is 0 Å². The van der Waals surface area contributed by atoms with Gasteiger partial charge in [0.2, 0.25) is 0 Å². The van der Waals surface area contributed by atoms with E-state index in [9.17, 15) is 14.5 Å². The van der Waals surface area contributed by atoms with Crippen LogP contribution in [0.3, 0.4) is 0 Å². The third kappa shape index (κ3) is 3.25. The number of rotatable bonds is 1. The molecule has 0 aromatic carbocycles. The number of nitrogens with zero attached hydrogens (tertiary/aromatic N) is 2. The Morgan fingerprint density at radius 2 is 1.94 bits per heavy atom. The molecule has 0 radical (unpaired) electrons. The molecule has 1 fully saturated rings. The summed E-state index contributed by atoms with van der Waals surface area (Å²) in [4.78, 5) is 34.6. The van der Waals surface area contributed by atoms with Crippen molar-refractivity contribution in [3.05, 3.63) is 4.91 Å². The Bertz CT molecular complexity index is 372. The van der Waals surface area contributed by atoms with Crippen molar-refractivity contribution < 1.29 is 19.1 Å². The van der Waals surface area contributed by atoms with Crippen molar-refractivity contribution in [2.75, 3.05) is 6.54 Å². The molecule has 0 N–H and O–H groups in total. The van der Waals surface area contributed by atoms with Gasteiger partial charge in [-0.25, -0.2) is 4.79 Å². The smallest absolute Gasteiger partial charge is 0.412 e. The van der Waals surface area contributed by atoms with E-state index in [1.54, 1.807) is 34.6 Å². The minimum Gasteiger partial charge on any atom is -0.444 e. The molecule has 7 heteroatoms. The molecule has 102 valence electrons. The zero-order chi connectivity index (χ0) is 14.1. The van der Waals surface area contributed by atoms with Crippen molar-refractivity contribution >= 4 is 12.0 Å². The molecule has 1 rings (SSSR count). The summed E-state index contributed by atoms with van der Waals surface area (Å²) < 4.78 is 10.5. The molecule has 1 saturated heterocycles. The van der Waals surface area contributed by atoms with Gasteiger partial charge in [0.05, 0.1) is 6.54 Å². The Morgan fingerprint density at radius 3 is 2.39 bits per heavy atom. The maximum Gasteiger partial charge on any atom is 0.412 e. The van der Waals surface area contributed by atoms with E-state index < -0.39 is 29.4 Å². The molecule has 0 aromatic heterocycles. The zero-order valence-corrected chi connectivity index (χ0v) is 11.2. The van der Waals surface area contributed by atoms with Gasteiger partial charge in [-0.2, -0.15) is 0 Å². The Hall–Kier alpha value is -1.50. The van der Waals surface area contributed by atoms with Gasteiger partial charge in [0.1, 0.15) is 11.3 Å². The number of carbonyl (C=O) groups is 2. The first-order chi connectivity index (χ1) is 8.07. The molecule has 7 nitrogen and oxygen atoms in total. The van der Waals surface area contributed by atoms with Crippen molar-refractivity contribution in [2.24, 2.45) is 5.18 Å². The van der Waals surface area contributed by atoms with E-state index >= 15 is 0 Å². The summed E-state index contributed by atoms with van der Waals surface area (Å²) in [6.45, 7) is 8.43. The average molecular weight is 258 g/mol. The normalized spacial score (nSPS) is 22.7. The van der Waals surface area contributed by atoms with Gasteiger partial charge in [-0.05, 0) is 34.6 Å². The van der Waals surface area contributed by atoms with Crippen molar-refractivity contribution in [2.45, 2.75) is 52.0 Å². The molecular weight excluding hydrogens is 240 g/mol. The van der Waals surface area contributed by atoms with E-state index in [0.29, 0.717) is 0 Å². The number of carbonyl (C=O) groups excluding carboxylic acids is 2. The highest BCUT2D eigenvalue weighted by atomic mass is 16.6. The van der Waals surface area contributed by atoms with Crippen LogP contribution < -0.4 is 0 Å². The van der Waals surface area contributed by atoms with Crippen molar-refractivity contribution in [3.63, 3.8) is 0 Å². The van der Waals surface area contributed by atoms with Gasteiger partial charge >= 0.3 is 12.0 Å². The van der Waals surface area contributed by atoms with Crippen LogP contribution in [0.1, 0.15) is 34.6 Å². The summed E-state index contributed by atoms with van der Waals surface area (Å²) in [5.74, 6) is -0.922. The molecule has 0 saturated carbocycles. The third-order valence-corrected chi connectivity index (χ3v) is 2.41. The van der Waals surface area contributed by atoms with Gasteiger partial charge in [0.15, 0.2) is 6.10 Å². The Labute approximate surface area is 105 Å². The first kappa shape index (κ1) is 14.6. The Balaban J connectivity index is 2.80. The number of hydrogen-bond donors (Lipinski definition) is 0. The lowest BCUT2D eigenvalue weighted by Crippen LogP contribution is -2.46. The van der Waals surface area contributed by atoms with E-state index in [2.05, 4.69) is 5.18 Å². The third-order valence-electron chi connectivity index (χ3n) is 2.41. The second-order valence-corrected chi connectivity index (χ2v) is 5.57. The predicted molar refractivity (Wildman–Crippen MR) is 62.7 cm³/mol. The van der Waals surface area contributed by atoms with Gasteiger partial charge in [0, 0.05) is 5.18 Å². The van der Waals surface area contributed by atoms with Gasteiger partial charge in [-0.1, -0.05) is 0 Å². The monoisotopic (exact) mass is 258 g/mol. The van der Waals surface area contributed by atoms with Crippen LogP contribution in [-0.4, -0.2) is 40.9 Å². The topological polar surface area (TPSA) is 85.3 Å². The van der Waals surface area contributed by atoms with E-state index in [4.69, 9.17) is 9.47 Å². The molecule has 1 heterocycles. The van der Waals surface area contributed by atoms with Gasteiger partial charge < -0.3 is 9.47 Å². The van der Waals surface area contributed by atoms with Crippen LogP contribution in [0.5, 0.6) is 0 Å². The lowest BCUT2D eigenvalue weighted by Gasteiger charge is -2.31. The molecule has 1 aliphatic rings. The van der Waals surface area contributed by atoms with Crippen LogP contribution in [-0.2, 0) is 14.3 Å². The molecule has 1 atom stereocenters. The maximum absolute atomic E-state index is 11.9. The average Bonchev–Trinajstić information content (AvgIpc) is 2.50. The molecular formula is C11H18N2O5. The standard InChI is InChI=1S/C11H18N2O5/c1-10(2,3)18-9(15)13-6-7(8(14)12-16)17-11(13,4)5/h7H,6H2,1-5H3. The molecule has 0 aliphatic carbocycles. The van der Waals surface area contributed by atoms with Crippen LogP contribution >= 0.6 is 0 Å². The summed E-state index contributed by atoms with van der Waals surface area (Å²) in [7, 11) is 0. The molecule has 1 aliphatic heterocycles. The number of amides is 2. The lowest BCUT2D eigenvalue weighted by atomic mass is 10.2. The summed E-state index contributed by atoms with van der Waals surface area (Å²) in [5, 5.41) is 2.31. The summed E-state index contributed by atoms with van der Waals surface area (Å²) in [5.41, 5.74) is -1.65. The number of nitroso groups, excluding NO2 is 1. The highest BCUT2D eigenvalue weighted by Gasteiger charge is 2.47. The molecule has 1 unspecified atom stereocenters. The highest BCUT2D eigenvalue weighted by Crippen LogP contribution is 2.29.